The first kappa shape index (κ1) is 16.6. The van der Waals surface area contributed by atoms with Crippen LogP contribution in [0, 0.1) is 11.6 Å². The lowest BCUT2D eigenvalue weighted by atomic mass is 10.2. The minimum atomic E-state index is -0.730. The molecule has 1 amide bonds. The van der Waals surface area contributed by atoms with E-state index in [0.717, 1.165) is 6.07 Å². The van der Waals surface area contributed by atoms with Crippen molar-refractivity contribution in [1.29, 1.82) is 0 Å². The van der Waals surface area contributed by atoms with Gasteiger partial charge in [0.15, 0.2) is 11.7 Å². The van der Waals surface area contributed by atoms with Gasteiger partial charge in [0, 0.05) is 18.9 Å². The quantitative estimate of drug-likeness (QED) is 0.689. The molecule has 0 atom stereocenters. The van der Waals surface area contributed by atoms with Crippen molar-refractivity contribution in [2.24, 2.45) is 0 Å². The highest BCUT2D eigenvalue weighted by Gasteiger charge is 2.13. The number of aryl methyl sites for hydroxylation is 1. The minimum absolute atomic E-state index is 0.0114. The van der Waals surface area contributed by atoms with Gasteiger partial charge in [0.2, 0.25) is 5.91 Å². The summed E-state index contributed by atoms with van der Waals surface area (Å²) in [6.07, 6.45) is 1.59. The zero-order valence-corrected chi connectivity index (χ0v) is 13.0. The van der Waals surface area contributed by atoms with Gasteiger partial charge in [0.1, 0.15) is 17.4 Å². The van der Waals surface area contributed by atoms with Gasteiger partial charge >= 0.3 is 0 Å². The predicted octanol–water partition coefficient (Wildman–Crippen LogP) is 3.90. The Morgan fingerprint density at radius 1 is 1.16 bits per heavy atom. The fraction of sp³-hybridized carbons (Fsp3) is 0.111. The van der Waals surface area contributed by atoms with Crippen molar-refractivity contribution in [2.45, 2.75) is 12.8 Å². The second-order valence-corrected chi connectivity index (χ2v) is 5.31. The first-order chi connectivity index (χ1) is 12.0. The largest absolute Gasteiger partial charge is 0.508 e. The molecule has 128 valence electrons. The number of nitrogens with one attached hydrogen (secondary N) is 1. The number of phenolic OH excluding ortho intramolecular Hbond substituents is 1. The molecule has 0 saturated heterocycles. The number of halogens is 2. The number of rotatable bonds is 5. The molecule has 7 heteroatoms. The summed E-state index contributed by atoms with van der Waals surface area (Å²) in [6.45, 7) is 0. The van der Waals surface area contributed by atoms with Crippen molar-refractivity contribution in [3.63, 3.8) is 0 Å². The van der Waals surface area contributed by atoms with Gasteiger partial charge < -0.3 is 14.8 Å². The van der Waals surface area contributed by atoms with Gasteiger partial charge in [0.25, 0.3) is 0 Å². The van der Waals surface area contributed by atoms with E-state index in [1.165, 1.54) is 24.4 Å². The van der Waals surface area contributed by atoms with E-state index in [1.807, 2.05) is 0 Å². The highest BCUT2D eigenvalue weighted by molar-refractivity contribution is 5.90. The Kier molecular flexibility index (Phi) is 4.74. The average molecular weight is 344 g/mol. The van der Waals surface area contributed by atoms with E-state index in [9.17, 15) is 13.6 Å². The molecule has 0 aliphatic heterocycles. The minimum Gasteiger partial charge on any atom is -0.508 e. The second-order valence-electron chi connectivity index (χ2n) is 5.31. The summed E-state index contributed by atoms with van der Waals surface area (Å²) >= 11 is 0. The molecule has 2 aromatic carbocycles. The van der Waals surface area contributed by atoms with E-state index in [-0.39, 0.29) is 41.5 Å². The van der Waals surface area contributed by atoms with Crippen molar-refractivity contribution in [3.8, 4) is 17.1 Å². The van der Waals surface area contributed by atoms with Crippen molar-refractivity contribution in [3.05, 3.63) is 66.2 Å². The van der Waals surface area contributed by atoms with Crippen molar-refractivity contribution in [2.75, 3.05) is 5.32 Å². The number of anilines is 1. The third kappa shape index (κ3) is 4.00. The van der Waals surface area contributed by atoms with E-state index in [1.54, 1.807) is 18.2 Å². The summed E-state index contributed by atoms with van der Waals surface area (Å²) in [5.41, 5.74) is 0.263. The van der Waals surface area contributed by atoms with Crippen LogP contribution in [0.25, 0.3) is 11.3 Å². The summed E-state index contributed by atoms with van der Waals surface area (Å²) in [6, 6.07) is 9.59. The van der Waals surface area contributed by atoms with Gasteiger partial charge in [-0.15, -0.1) is 0 Å². The highest BCUT2D eigenvalue weighted by Crippen LogP contribution is 2.24. The maximum atomic E-state index is 13.7. The van der Waals surface area contributed by atoms with Crippen LogP contribution in [0.3, 0.4) is 0 Å². The van der Waals surface area contributed by atoms with Crippen LogP contribution in [0.15, 0.2) is 53.1 Å². The number of oxazole rings is 1. The Morgan fingerprint density at radius 2 is 1.96 bits per heavy atom. The van der Waals surface area contributed by atoms with E-state index in [4.69, 9.17) is 9.52 Å². The molecule has 0 fully saturated rings. The topological polar surface area (TPSA) is 75.4 Å². The molecule has 0 aliphatic rings. The number of carbonyl (C=O) groups excluding carboxylic acids is 1. The van der Waals surface area contributed by atoms with Crippen LogP contribution in [0.4, 0.5) is 14.5 Å². The fourth-order valence-electron chi connectivity index (χ4n) is 2.25. The first-order valence-electron chi connectivity index (χ1n) is 7.51. The van der Waals surface area contributed by atoms with Crippen LogP contribution in [0.5, 0.6) is 5.75 Å². The highest BCUT2D eigenvalue weighted by atomic mass is 19.1. The van der Waals surface area contributed by atoms with Gasteiger partial charge in [-0.05, 0) is 24.3 Å². The van der Waals surface area contributed by atoms with Crippen LogP contribution >= 0.6 is 0 Å². The fourth-order valence-corrected chi connectivity index (χ4v) is 2.25. The summed E-state index contributed by atoms with van der Waals surface area (Å²) < 4.78 is 32.7. The van der Waals surface area contributed by atoms with Gasteiger partial charge in [-0.3, -0.25) is 4.79 Å². The molecule has 0 bridgehead atoms. The number of phenols is 1. The van der Waals surface area contributed by atoms with Gasteiger partial charge in [-0.2, -0.15) is 0 Å². The molecule has 3 rings (SSSR count). The zero-order valence-electron chi connectivity index (χ0n) is 13.0. The zero-order chi connectivity index (χ0) is 17.8. The molecule has 2 N–H and O–H groups in total. The van der Waals surface area contributed by atoms with E-state index >= 15 is 0 Å². The molecule has 0 aliphatic carbocycles. The SMILES string of the molecule is O=C(CCc1ncc(-c2ccccc2F)o1)Nc1ccc(O)cc1F. The van der Waals surface area contributed by atoms with Gasteiger partial charge in [0.05, 0.1) is 17.4 Å². The number of aromatic nitrogens is 1. The van der Waals surface area contributed by atoms with Crippen LogP contribution in [0.1, 0.15) is 12.3 Å². The maximum absolute atomic E-state index is 13.7. The molecule has 25 heavy (non-hydrogen) atoms. The molecule has 0 saturated carbocycles. The molecule has 1 heterocycles. The van der Waals surface area contributed by atoms with Gasteiger partial charge in [-0.1, -0.05) is 12.1 Å². The number of carbonyl (C=O) groups is 1. The molecular weight excluding hydrogens is 330 g/mol. The van der Waals surface area contributed by atoms with Crippen LogP contribution in [0.2, 0.25) is 0 Å². The first-order valence-corrected chi connectivity index (χ1v) is 7.51. The van der Waals surface area contributed by atoms with Gasteiger partial charge in [-0.25, -0.2) is 13.8 Å². The van der Waals surface area contributed by atoms with E-state index in [2.05, 4.69) is 10.3 Å². The summed E-state index contributed by atoms with van der Waals surface area (Å²) in [7, 11) is 0. The summed E-state index contributed by atoms with van der Waals surface area (Å²) in [4.78, 5) is 15.9. The monoisotopic (exact) mass is 344 g/mol. The number of nitrogens with zero attached hydrogens (tertiary/aromatic N) is 1. The number of aromatic hydroxyl groups is 1. The second kappa shape index (κ2) is 7.12. The molecule has 3 aromatic rings. The van der Waals surface area contributed by atoms with Crippen LogP contribution in [-0.4, -0.2) is 16.0 Å². The van der Waals surface area contributed by atoms with E-state index < -0.39 is 17.5 Å². The third-order valence-corrected chi connectivity index (χ3v) is 3.49. The number of hydrogen-bond donors (Lipinski definition) is 2. The molecule has 1 aromatic heterocycles. The Morgan fingerprint density at radius 3 is 2.72 bits per heavy atom. The van der Waals surface area contributed by atoms with E-state index in [0.29, 0.717) is 0 Å². The Bertz CT molecular complexity index is 909. The molecule has 0 spiro atoms. The standard InChI is InChI=1S/C18H14F2N2O3/c19-13-4-2-1-3-12(13)16-10-21-18(25-16)8-7-17(24)22-15-6-5-11(23)9-14(15)20/h1-6,9-10,23H,7-8H2,(H,22,24). The Hall–Kier alpha value is -3.22. The number of benzene rings is 2. The summed E-state index contributed by atoms with van der Waals surface area (Å²) in [5, 5.41) is 11.5. The predicted molar refractivity (Wildman–Crippen MR) is 86.9 cm³/mol. The lowest BCUT2D eigenvalue weighted by Crippen LogP contribution is -2.13. The van der Waals surface area contributed by atoms with Crippen LogP contribution in [-0.2, 0) is 11.2 Å². The Labute approximate surface area is 141 Å². The molecule has 0 radical (unpaired) electrons. The van der Waals surface area contributed by atoms with Crippen molar-refractivity contribution in [1.82, 2.24) is 4.98 Å². The van der Waals surface area contributed by atoms with Crippen molar-refractivity contribution < 1.29 is 23.1 Å². The lowest BCUT2D eigenvalue weighted by molar-refractivity contribution is -0.116. The lowest BCUT2D eigenvalue weighted by Gasteiger charge is -2.05. The molecular formula is C18H14F2N2O3. The molecule has 0 unspecified atom stereocenters. The summed E-state index contributed by atoms with van der Waals surface area (Å²) in [5.74, 6) is -1.26. The third-order valence-electron chi connectivity index (χ3n) is 3.49. The van der Waals surface area contributed by atoms with Crippen molar-refractivity contribution >= 4 is 11.6 Å². The smallest absolute Gasteiger partial charge is 0.224 e. The normalized spacial score (nSPS) is 10.6. The Balaban J connectivity index is 1.60. The average Bonchev–Trinajstić information content (AvgIpc) is 3.05. The maximum Gasteiger partial charge on any atom is 0.224 e. The van der Waals surface area contributed by atoms with Crippen LogP contribution < -0.4 is 5.32 Å². The molecule has 5 nitrogen and oxygen atoms in total. The number of hydrogen-bond acceptors (Lipinski definition) is 4. The number of amides is 1.